The van der Waals surface area contributed by atoms with Crippen molar-refractivity contribution in [2.75, 3.05) is 5.75 Å². The van der Waals surface area contributed by atoms with Crippen molar-refractivity contribution in [2.45, 2.75) is 13.3 Å². The molecular formula is C5H10O2S. The predicted molar refractivity (Wildman–Crippen MR) is 35.3 cm³/mol. The van der Waals surface area contributed by atoms with Gasteiger partial charge in [-0.25, -0.2) is 0 Å². The maximum absolute atomic E-state index is 9.93. The highest BCUT2D eigenvalue weighted by atomic mass is 32.1. The number of hydrogen-bond donors (Lipinski definition) is 2. The lowest BCUT2D eigenvalue weighted by Crippen LogP contribution is -2.04. The summed E-state index contributed by atoms with van der Waals surface area (Å²) < 4.78 is 0. The molecular weight excluding hydrogens is 124 g/mol. The van der Waals surface area contributed by atoms with Crippen molar-refractivity contribution >= 4 is 18.6 Å². The van der Waals surface area contributed by atoms with Gasteiger partial charge in [-0.05, 0) is 11.7 Å². The van der Waals surface area contributed by atoms with E-state index in [0.29, 0.717) is 5.75 Å². The maximum atomic E-state index is 9.93. The van der Waals surface area contributed by atoms with E-state index >= 15 is 0 Å². The van der Waals surface area contributed by atoms with Crippen LogP contribution in [0.2, 0.25) is 0 Å². The highest BCUT2D eigenvalue weighted by Crippen LogP contribution is 2.01. The molecule has 0 unspecified atom stereocenters. The molecule has 0 aromatic carbocycles. The van der Waals surface area contributed by atoms with Gasteiger partial charge in [0.05, 0.1) is 0 Å². The van der Waals surface area contributed by atoms with E-state index in [2.05, 4.69) is 12.6 Å². The SMILES string of the molecule is C[C@H](CS)CC(=O)O. The molecule has 0 spiro atoms. The zero-order chi connectivity index (χ0) is 6.57. The van der Waals surface area contributed by atoms with Gasteiger partial charge in [-0.15, -0.1) is 0 Å². The van der Waals surface area contributed by atoms with E-state index < -0.39 is 5.97 Å². The molecule has 0 aliphatic heterocycles. The van der Waals surface area contributed by atoms with E-state index in [9.17, 15) is 4.79 Å². The summed E-state index contributed by atoms with van der Waals surface area (Å²) in [6.45, 7) is 1.86. The molecule has 0 heterocycles. The standard InChI is InChI=1S/C5H10O2S/c1-4(3-8)2-5(6)7/h4,8H,2-3H2,1H3,(H,6,7)/t4-/m0/s1. The van der Waals surface area contributed by atoms with Gasteiger partial charge < -0.3 is 5.11 Å². The monoisotopic (exact) mass is 134 g/mol. The highest BCUT2D eigenvalue weighted by Gasteiger charge is 2.03. The normalized spacial score (nSPS) is 13.2. The Hall–Kier alpha value is -0.180. The molecule has 0 saturated carbocycles. The van der Waals surface area contributed by atoms with Crippen LogP contribution in [0.4, 0.5) is 0 Å². The predicted octanol–water partition coefficient (Wildman–Crippen LogP) is 1.03. The topological polar surface area (TPSA) is 37.3 Å². The Kier molecular flexibility index (Phi) is 3.69. The zero-order valence-electron chi connectivity index (χ0n) is 4.79. The minimum atomic E-state index is -0.744. The van der Waals surface area contributed by atoms with Crippen molar-refractivity contribution in [1.29, 1.82) is 0 Å². The maximum Gasteiger partial charge on any atom is 0.303 e. The van der Waals surface area contributed by atoms with Crippen molar-refractivity contribution in [2.24, 2.45) is 5.92 Å². The zero-order valence-corrected chi connectivity index (χ0v) is 5.69. The van der Waals surface area contributed by atoms with Crippen LogP contribution in [0.15, 0.2) is 0 Å². The van der Waals surface area contributed by atoms with Crippen LogP contribution in [-0.2, 0) is 4.79 Å². The van der Waals surface area contributed by atoms with Gasteiger partial charge >= 0.3 is 5.97 Å². The van der Waals surface area contributed by atoms with Gasteiger partial charge in [0.25, 0.3) is 0 Å². The lowest BCUT2D eigenvalue weighted by atomic mass is 10.1. The summed E-state index contributed by atoms with van der Waals surface area (Å²) in [5, 5.41) is 8.18. The smallest absolute Gasteiger partial charge is 0.303 e. The van der Waals surface area contributed by atoms with E-state index in [0.717, 1.165) is 0 Å². The molecule has 0 rings (SSSR count). The highest BCUT2D eigenvalue weighted by molar-refractivity contribution is 7.80. The van der Waals surface area contributed by atoms with Crippen LogP contribution in [-0.4, -0.2) is 16.8 Å². The molecule has 0 aliphatic rings. The Morgan fingerprint density at radius 2 is 2.38 bits per heavy atom. The third-order valence-corrected chi connectivity index (χ3v) is 1.46. The molecule has 1 N–H and O–H groups in total. The van der Waals surface area contributed by atoms with E-state index in [4.69, 9.17) is 5.11 Å². The quantitative estimate of drug-likeness (QED) is 0.566. The third kappa shape index (κ3) is 3.99. The minimum absolute atomic E-state index is 0.191. The molecule has 0 aliphatic carbocycles. The summed E-state index contributed by atoms with van der Waals surface area (Å²) in [5.41, 5.74) is 0. The first kappa shape index (κ1) is 7.82. The van der Waals surface area contributed by atoms with E-state index in [1.807, 2.05) is 6.92 Å². The number of rotatable bonds is 3. The molecule has 0 radical (unpaired) electrons. The van der Waals surface area contributed by atoms with Crippen molar-refractivity contribution in [3.05, 3.63) is 0 Å². The largest absolute Gasteiger partial charge is 0.481 e. The van der Waals surface area contributed by atoms with Crippen LogP contribution in [0.3, 0.4) is 0 Å². The molecule has 0 aromatic heterocycles. The number of carboxylic acid groups (broad SMARTS) is 1. The Bertz CT molecular complexity index is 82.5. The average Bonchev–Trinajstić information content (AvgIpc) is 1.65. The fourth-order valence-electron chi connectivity index (χ4n) is 0.363. The second-order valence-corrected chi connectivity index (χ2v) is 2.25. The second-order valence-electron chi connectivity index (χ2n) is 1.89. The minimum Gasteiger partial charge on any atom is -0.481 e. The van der Waals surface area contributed by atoms with Crippen LogP contribution in [0.1, 0.15) is 13.3 Å². The second kappa shape index (κ2) is 3.78. The summed E-state index contributed by atoms with van der Waals surface area (Å²) in [6, 6.07) is 0. The molecule has 0 saturated heterocycles. The van der Waals surface area contributed by atoms with Crippen LogP contribution >= 0.6 is 12.6 Å². The Labute approximate surface area is 54.3 Å². The molecule has 2 nitrogen and oxygen atoms in total. The van der Waals surface area contributed by atoms with Gasteiger partial charge in [0, 0.05) is 6.42 Å². The van der Waals surface area contributed by atoms with Crippen molar-refractivity contribution in [3.63, 3.8) is 0 Å². The first-order valence-electron chi connectivity index (χ1n) is 2.49. The average molecular weight is 134 g/mol. The summed E-state index contributed by atoms with van der Waals surface area (Å²) in [7, 11) is 0. The van der Waals surface area contributed by atoms with Crippen LogP contribution in [0.5, 0.6) is 0 Å². The van der Waals surface area contributed by atoms with Crippen LogP contribution in [0, 0.1) is 5.92 Å². The first-order valence-corrected chi connectivity index (χ1v) is 3.12. The fraction of sp³-hybridized carbons (Fsp3) is 0.800. The van der Waals surface area contributed by atoms with Crippen molar-refractivity contribution in [3.8, 4) is 0 Å². The lowest BCUT2D eigenvalue weighted by molar-refractivity contribution is -0.137. The molecule has 1 atom stereocenters. The first-order chi connectivity index (χ1) is 3.66. The Morgan fingerprint density at radius 3 is 2.50 bits per heavy atom. The van der Waals surface area contributed by atoms with Gasteiger partial charge in [0.2, 0.25) is 0 Å². The van der Waals surface area contributed by atoms with Gasteiger partial charge in [-0.2, -0.15) is 12.6 Å². The fourth-order valence-corrected chi connectivity index (χ4v) is 0.492. The van der Waals surface area contributed by atoms with Gasteiger partial charge in [0.15, 0.2) is 0 Å². The number of aliphatic carboxylic acids is 1. The summed E-state index contributed by atoms with van der Waals surface area (Å²) in [5.74, 6) is 0.0918. The lowest BCUT2D eigenvalue weighted by Gasteiger charge is -2.00. The number of carbonyl (C=O) groups is 1. The molecule has 3 heteroatoms. The van der Waals surface area contributed by atoms with Gasteiger partial charge in [0.1, 0.15) is 0 Å². The van der Waals surface area contributed by atoms with Crippen LogP contribution in [0.25, 0.3) is 0 Å². The number of thiol groups is 1. The summed E-state index contributed by atoms with van der Waals surface area (Å²) in [4.78, 5) is 9.93. The Morgan fingerprint density at radius 1 is 1.88 bits per heavy atom. The molecule has 0 aromatic rings. The van der Waals surface area contributed by atoms with Crippen LogP contribution < -0.4 is 0 Å². The Balaban J connectivity index is 3.24. The van der Waals surface area contributed by atoms with Crippen molar-refractivity contribution in [1.82, 2.24) is 0 Å². The van der Waals surface area contributed by atoms with Crippen molar-refractivity contribution < 1.29 is 9.90 Å². The number of carboxylic acids is 1. The third-order valence-electron chi connectivity index (χ3n) is 0.835. The molecule has 8 heavy (non-hydrogen) atoms. The summed E-state index contributed by atoms with van der Waals surface area (Å²) in [6.07, 6.45) is 0.226. The van der Waals surface area contributed by atoms with Gasteiger partial charge in [-0.1, -0.05) is 6.92 Å². The molecule has 48 valence electrons. The number of hydrogen-bond acceptors (Lipinski definition) is 2. The summed E-state index contributed by atoms with van der Waals surface area (Å²) >= 11 is 3.93. The van der Waals surface area contributed by atoms with E-state index in [1.54, 1.807) is 0 Å². The molecule has 0 bridgehead atoms. The van der Waals surface area contributed by atoms with E-state index in [1.165, 1.54) is 0 Å². The van der Waals surface area contributed by atoms with E-state index in [-0.39, 0.29) is 12.3 Å². The molecule has 0 fully saturated rings. The molecule has 0 amide bonds. The van der Waals surface area contributed by atoms with Gasteiger partial charge in [-0.3, -0.25) is 4.79 Å².